The molecule has 1 heterocycles. The summed E-state index contributed by atoms with van der Waals surface area (Å²) < 4.78 is 11.3. The van der Waals surface area contributed by atoms with Crippen LogP contribution in [0, 0.1) is 3.57 Å². The van der Waals surface area contributed by atoms with Gasteiger partial charge in [-0.15, -0.1) is 0 Å². The predicted molar refractivity (Wildman–Crippen MR) is 89.6 cm³/mol. The summed E-state index contributed by atoms with van der Waals surface area (Å²) in [6.45, 7) is 0.761. The second-order valence-electron chi connectivity index (χ2n) is 4.03. The Labute approximate surface area is 142 Å². The quantitative estimate of drug-likeness (QED) is 0.379. The molecule has 0 aliphatic carbocycles. The number of nitrogens with zero attached hydrogens (tertiary/aromatic N) is 1. The minimum atomic E-state index is -0.521. The van der Waals surface area contributed by atoms with Crippen molar-refractivity contribution in [1.29, 1.82) is 0 Å². The highest BCUT2D eigenvalue weighted by Gasteiger charge is 2.01. The molecule has 1 aromatic rings. The zero-order chi connectivity index (χ0) is 16.2. The summed E-state index contributed by atoms with van der Waals surface area (Å²) in [4.78, 5) is 26.3. The molecule has 0 saturated heterocycles. The van der Waals surface area contributed by atoms with E-state index in [-0.39, 0.29) is 19.1 Å². The predicted octanol–water partition coefficient (Wildman–Crippen LogP) is 1.48. The third-order valence-corrected chi connectivity index (χ3v) is 3.00. The first-order chi connectivity index (χ1) is 10.6. The minimum Gasteiger partial charge on any atom is -0.474 e. The first-order valence-electron chi connectivity index (χ1n) is 6.65. The molecule has 1 aromatic heterocycles. The van der Waals surface area contributed by atoms with E-state index in [9.17, 15) is 9.59 Å². The Bertz CT molecular complexity index is 505. The van der Waals surface area contributed by atoms with Gasteiger partial charge in [0.05, 0.1) is 0 Å². The van der Waals surface area contributed by atoms with E-state index in [0.29, 0.717) is 18.8 Å². The van der Waals surface area contributed by atoms with Gasteiger partial charge in [-0.2, -0.15) is 0 Å². The van der Waals surface area contributed by atoms with E-state index in [1.165, 1.54) is 6.08 Å². The molecule has 0 atom stereocenters. The van der Waals surface area contributed by atoms with E-state index >= 15 is 0 Å². The average molecular weight is 419 g/mol. The number of hydrogen-bond acceptors (Lipinski definition) is 5. The number of amides is 2. The second-order valence-corrected chi connectivity index (χ2v) is 5.28. The van der Waals surface area contributed by atoms with E-state index in [1.54, 1.807) is 25.4 Å². The molecule has 1 rings (SSSR count). The van der Waals surface area contributed by atoms with Gasteiger partial charge in [0.25, 0.3) is 0 Å². The normalized spacial score (nSPS) is 10.3. The van der Waals surface area contributed by atoms with Crippen molar-refractivity contribution in [2.24, 2.45) is 0 Å². The monoisotopic (exact) mass is 419 g/mol. The lowest BCUT2D eigenvalue weighted by Gasteiger charge is -2.07. The van der Waals surface area contributed by atoms with Crippen molar-refractivity contribution >= 4 is 34.6 Å². The highest BCUT2D eigenvalue weighted by atomic mass is 127. The Morgan fingerprint density at radius 2 is 2.18 bits per heavy atom. The van der Waals surface area contributed by atoms with Gasteiger partial charge in [0.1, 0.15) is 13.2 Å². The van der Waals surface area contributed by atoms with Crippen LogP contribution < -0.4 is 15.4 Å². The summed E-state index contributed by atoms with van der Waals surface area (Å²) >= 11 is 2.15. The number of ether oxygens (including phenoxy) is 2. The van der Waals surface area contributed by atoms with Gasteiger partial charge in [0.2, 0.25) is 11.8 Å². The second kappa shape index (κ2) is 10.8. The minimum absolute atomic E-state index is 0.133. The van der Waals surface area contributed by atoms with Crippen LogP contribution in [-0.4, -0.2) is 43.8 Å². The molecule has 0 aliphatic rings. The van der Waals surface area contributed by atoms with Crippen molar-refractivity contribution in [3.05, 3.63) is 34.1 Å². The van der Waals surface area contributed by atoms with Crippen LogP contribution >= 0.6 is 22.6 Å². The lowest BCUT2D eigenvalue weighted by molar-refractivity contribution is -0.116. The summed E-state index contributed by atoms with van der Waals surface area (Å²) in [5.74, 6) is 0.313. The molecular weight excluding hydrogens is 401 g/mol. The Balaban J connectivity index is 2.05. The lowest BCUT2D eigenvalue weighted by atomic mass is 10.3. The molecular formula is C14H18IN3O4. The zero-order valence-electron chi connectivity index (χ0n) is 12.2. The molecule has 0 unspecified atom stereocenters. The van der Waals surface area contributed by atoms with Crippen LogP contribution in [0.5, 0.6) is 5.88 Å². The third kappa shape index (κ3) is 8.45. The number of aromatic nitrogens is 1. The Morgan fingerprint density at radius 1 is 1.36 bits per heavy atom. The number of likely N-dealkylation sites (N-methyl/N-ethyl adjacent to an activating group) is 1. The van der Waals surface area contributed by atoms with Crippen LogP contribution in [-0.2, 0) is 9.53 Å². The lowest BCUT2D eigenvalue weighted by Crippen LogP contribution is -2.26. The van der Waals surface area contributed by atoms with Gasteiger partial charge in [-0.25, -0.2) is 9.78 Å². The Kier molecular flexibility index (Phi) is 8.96. The molecule has 2 N–H and O–H groups in total. The van der Waals surface area contributed by atoms with Gasteiger partial charge in [-0.3, -0.25) is 4.79 Å². The number of hydrogen-bond donors (Lipinski definition) is 2. The molecule has 0 radical (unpaired) electrons. The Hall–Kier alpha value is -1.84. The number of rotatable bonds is 8. The number of alkyl carbamates (subject to hydrolysis) is 1. The van der Waals surface area contributed by atoms with Crippen LogP contribution in [0.3, 0.4) is 0 Å². The van der Waals surface area contributed by atoms with Crippen molar-refractivity contribution in [1.82, 2.24) is 15.6 Å². The molecule has 0 spiro atoms. The third-order valence-electron chi connectivity index (χ3n) is 2.36. The van der Waals surface area contributed by atoms with Crippen LogP contribution in [0.4, 0.5) is 4.79 Å². The van der Waals surface area contributed by atoms with Gasteiger partial charge >= 0.3 is 6.09 Å². The van der Waals surface area contributed by atoms with Crippen LogP contribution in [0.25, 0.3) is 0 Å². The highest BCUT2D eigenvalue weighted by Crippen LogP contribution is 2.08. The molecule has 8 heteroatoms. The SMILES string of the molecule is CNC(=O)C=CCCNC(=O)OCCOc1ccc(I)cn1. The Morgan fingerprint density at radius 3 is 2.86 bits per heavy atom. The van der Waals surface area contributed by atoms with Crippen molar-refractivity contribution in [3.8, 4) is 5.88 Å². The van der Waals surface area contributed by atoms with Crippen molar-refractivity contribution in [2.75, 3.05) is 26.8 Å². The van der Waals surface area contributed by atoms with E-state index in [4.69, 9.17) is 9.47 Å². The summed E-state index contributed by atoms with van der Waals surface area (Å²) in [5, 5.41) is 5.02. The number of nitrogens with one attached hydrogen (secondary N) is 2. The molecule has 0 aliphatic heterocycles. The van der Waals surface area contributed by atoms with Gasteiger partial charge in [0.15, 0.2) is 0 Å². The molecule has 0 bridgehead atoms. The summed E-state index contributed by atoms with van der Waals surface area (Å²) in [6, 6.07) is 3.63. The summed E-state index contributed by atoms with van der Waals surface area (Å²) in [7, 11) is 1.55. The maximum atomic E-state index is 11.3. The molecule has 7 nitrogen and oxygen atoms in total. The fourth-order valence-electron chi connectivity index (χ4n) is 1.31. The van der Waals surface area contributed by atoms with Crippen LogP contribution in [0.15, 0.2) is 30.5 Å². The van der Waals surface area contributed by atoms with E-state index in [1.807, 2.05) is 6.07 Å². The number of pyridine rings is 1. The van der Waals surface area contributed by atoms with E-state index in [0.717, 1.165) is 3.57 Å². The molecule has 120 valence electrons. The van der Waals surface area contributed by atoms with Gasteiger partial charge in [0, 0.05) is 29.4 Å². The van der Waals surface area contributed by atoms with Gasteiger partial charge < -0.3 is 20.1 Å². The first kappa shape index (κ1) is 18.2. The summed E-state index contributed by atoms with van der Waals surface area (Å²) in [5.41, 5.74) is 0. The highest BCUT2D eigenvalue weighted by molar-refractivity contribution is 14.1. The molecule has 0 saturated carbocycles. The van der Waals surface area contributed by atoms with E-state index in [2.05, 4.69) is 38.2 Å². The van der Waals surface area contributed by atoms with E-state index < -0.39 is 6.09 Å². The van der Waals surface area contributed by atoms with Gasteiger partial charge in [-0.05, 0) is 41.2 Å². The van der Waals surface area contributed by atoms with Crippen molar-refractivity contribution in [3.63, 3.8) is 0 Å². The topological polar surface area (TPSA) is 89.6 Å². The molecule has 2 amide bonds. The fraction of sp³-hybridized carbons (Fsp3) is 0.357. The van der Waals surface area contributed by atoms with Crippen LogP contribution in [0.1, 0.15) is 6.42 Å². The first-order valence-corrected chi connectivity index (χ1v) is 7.73. The number of carbonyl (C=O) groups is 2. The smallest absolute Gasteiger partial charge is 0.407 e. The average Bonchev–Trinajstić information content (AvgIpc) is 2.52. The standard InChI is InChI=1S/C14H18IN3O4/c1-16-12(19)4-2-3-7-17-14(20)22-9-8-21-13-6-5-11(15)10-18-13/h2,4-6,10H,3,7-9H2,1H3,(H,16,19)(H,17,20). The number of halogens is 1. The zero-order valence-corrected chi connectivity index (χ0v) is 14.3. The number of carbonyl (C=O) groups excluding carboxylic acids is 2. The fourth-order valence-corrected chi connectivity index (χ4v) is 1.63. The molecule has 22 heavy (non-hydrogen) atoms. The maximum absolute atomic E-state index is 11.3. The largest absolute Gasteiger partial charge is 0.474 e. The van der Waals surface area contributed by atoms with Gasteiger partial charge in [-0.1, -0.05) is 6.08 Å². The maximum Gasteiger partial charge on any atom is 0.407 e. The van der Waals surface area contributed by atoms with Crippen molar-refractivity contribution < 1.29 is 19.1 Å². The molecule has 0 aromatic carbocycles. The van der Waals surface area contributed by atoms with Crippen LogP contribution in [0.2, 0.25) is 0 Å². The van der Waals surface area contributed by atoms with Crippen molar-refractivity contribution in [2.45, 2.75) is 6.42 Å². The molecule has 0 fully saturated rings. The summed E-state index contributed by atoms with van der Waals surface area (Å²) in [6.07, 6.45) is 4.80.